The van der Waals surface area contributed by atoms with E-state index in [-0.39, 0.29) is 0 Å². The van der Waals surface area contributed by atoms with Gasteiger partial charge in [0.05, 0.1) is 12.3 Å². The largest absolute Gasteiger partial charge is 0.493 e. The summed E-state index contributed by atoms with van der Waals surface area (Å²) < 4.78 is 5.96. The van der Waals surface area contributed by atoms with Gasteiger partial charge in [-0.05, 0) is 48.2 Å². The number of ether oxygens (including phenoxy) is 1. The van der Waals surface area contributed by atoms with Gasteiger partial charge in [-0.25, -0.2) is 9.97 Å². The molecule has 31 heavy (non-hydrogen) atoms. The zero-order valence-electron chi connectivity index (χ0n) is 18.3. The van der Waals surface area contributed by atoms with E-state index in [9.17, 15) is 0 Å². The van der Waals surface area contributed by atoms with Gasteiger partial charge in [0.2, 0.25) is 5.95 Å². The summed E-state index contributed by atoms with van der Waals surface area (Å²) >= 11 is 0. The second-order valence-corrected chi connectivity index (χ2v) is 8.32. The van der Waals surface area contributed by atoms with E-state index < -0.39 is 0 Å². The summed E-state index contributed by atoms with van der Waals surface area (Å²) in [5, 5.41) is 3.37. The van der Waals surface area contributed by atoms with Gasteiger partial charge >= 0.3 is 0 Å². The lowest BCUT2D eigenvalue weighted by Gasteiger charge is -2.23. The maximum Gasteiger partial charge on any atom is 0.227 e. The third kappa shape index (κ3) is 6.15. The molecular formula is C26H30N4O. The summed E-state index contributed by atoms with van der Waals surface area (Å²) in [6.45, 7) is 8.06. The van der Waals surface area contributed by atoms with Crippen molar-refractivity contribution < 1.29 is 4.74 Å². The highest BCUT2D eigenvalue weighted by atomic mass is 16.5. The van der Waals surface area contributed by atoms with Crippen molar-refractivity contribution in [3.05, 3.63) is 78.5 Å². The van der Waals surface area contributed by atoms with Gasteiger partial charge in [-0.2, -0.15) is 0 Å². The molecule has 0 atom stereocenters. The maximum atomic E-state index is 5.96. The fourth-order valence-electron chi connectivity index (χ4n) is 3.77. The highest BCUT2D eigenvalue weighted by Gasteiger charge is 2.09. The fourth-order valence-corrected chi connectivity index (χ4v) is 3.77. The molecule has 0 saturated heterocycles. The lowest BCUT2D eigenvalue weighted by molar-refractivity contribution is 0.260. The number of nitrogens with one attached hydrogen (secondary N) is 1. The number of benzene rings is 2. The number of hydrogen-bond acceptors (Lipinski definition) is 5. The molecule has 4 rings (SSSR count). The van der Waals surface area contributed by atoms with E-state index in [1.54, 1.807) is 6.20 Å². The van der Waals surface area contributed by atoms with Crippen molar-refractivity contribution in [2.45, 2.75) is 26.8 Å². The first kappa shape index (κ1) is 21.1. The van der Waals surface area contributed by atoms with Crippen molar-refractivity contribution in [3.8, 4) is 17.0 Å². The zero-order chi connectivity index (χ0) is 21.5. The molecule has 160 valence electrons. The van der Waals surface area contributed by atoms with Crippen LogP contribution in [0.25, 0.3) is 11.3 Å². The molecule has 2 aromatic carbocycles. The van der Waals surface area contributed by atoms with Crippen LogP contribution in [0.15, 0.2) is 72.9 Å². The van der Waals surface area contributed by atoms with E-state index in [0.717, 1.165) is 48.7 Å². The third-order valence-corrected chi connectivity index (χ3v) is 5.08. The summed E-state index contributed by atoms with van der Waals surface area (Å²) in [5.74, 6) is 2.05. The summed E-state index contributed by atoms with van der Waals surface area (Å²) in [5.41, 5.74) is 4.14. The average molecular weight is 415 g/mol. The van der Waals surface area contributed by atoms with Crippen molar-refractivity contribution >= 4 is 11.6 Å². The molecule has 0 aliphatic carbocycles. The van der Waals surface area contributed by atoms with E-state index >= 15 is 0 Å². The zero-order valence-corrected chi connectivity index (χ0v) is 18.3. The minimum Gasteiger partial charge on any atom is -0.493 e. The lowest BCUT2D eigenvalue weighted by atomic mass is 10.1. The first-order valence-electron chi connectivity index (χ1n) is 11.0. The molecule has 1 aliphatic rings. The Hall–Kier alpha value is -3.18. The minimum atomic E-state index is 0.587. The van der Waals surface area contributed by atoms with Gasteiger partial charge in [0, 0.05) is 37.1 Å². The molecule has 2 heterocycles. The predicted molar refractivity (Wildman–Crippen MR) is 127 cm³/mol. The molecule has 1 aliphatic heterocycles. The number of rotatable bonds is 2. The number of anilines is 2. The van der Waals surface area contributed by atoms with E-state index in [2.05, 4.69) is 65.5 Å². The van der Waals surface area contributed by atoms with Crippen LogP contribution in [0.2, 0.25) is 0 Å². The van der Waals surface area contributed by atoms with Crippen molar-refractivity contribution in [2.24, 2.45) is 5.92 Å². The lowest BCUT2D eigenvalue weighted by Crippen LogP contribution is -2.27. The van der Waals surface area contributed by atoms with Crippen LogP contribution in [0, 0.1) is 5.92 Å². The van der Waals surface area contributed by atoms with Crippen LogP contribution in [0.4, 0.5) is 11.6 Å². The second-order valence-electron chi connectivity index (χ2n) is 8.32. The highest BCUT2D eigenvalue weighted by Crippen LogP contribution is 2.24. The number of aromatic nitrogens is 2. The van der Waals surface area contributed by atoms with Crippen molar-refractivity contribution in [1.29, 1.82) is 0 Å². The van der Waals surface area contributed by atoms with Gasteiger partial charge in [-0.1, -0.05) is 50.3 Å². The van der Waals surface area contributed by atoms with Gasteiger partial charge in [-0.3, -0.25) is 4.90 Å². The van der Waals surface area contributed by atoms with Gasteiger partial charge in [0.15, 0.2) is 0 Å². The van der Waals surface area contributed by atoms with Crippen molar-refractivity contribution in [1.82, 2.24) is 14.9 Å². The van der Waals surface area contributed by atoms with Crippen LogP contribution in [0.1, 0.15) is 25.8 Å². The predicted octanol–water partition coefficient (Wildman–Crippen LogP) is 5.68. The monoisotopic (exact) mass is 414 g/mol. The second kappa shape index (κ2) is 10.2. The first-order valence-corrected chi connectivity index (χ1v) is 11.0. The Kier molecular flexibility index (Phi) is 6.95. The number of fused-ring (bicyclic) bond motifs is 7. The Labute approximate surface area is 184 Å². The Bertz CT molecular complexity index is 1030. The van der Waals surface area contributed by atoms with E-state index in [0.29, 0.717) is 18.5 Å². The summed E-state index contributed by atoms with van der Waals surface area (Å²) in [4.78, 5) is 11.6. The number of hydrogen-bond donors (Lipinski definition) is 1. The van der Waals surface area contributed by atoms with Crippen LogP contribution in [-0.2, 0) is 6.54 Å². The van der Waals surface area contributed by atoms with E-state index in [1.165, 1.54) is 5.56 Å². The fraction of sp³-hybridized carbons (Fsp3) is 0.308. The average Bonchev–Trinajstić information content (AvgIpc) is 2.76. The van der Waals surface area contributed by atoms with Crippen LogP contribution < -0.4 is 10.1 Å². The highest BCUT2D eigenvalue weighted by molar-refractivity contribution is 5.63. The summed E-state index contributed by atoms with van der Waals surface area (Å²) in [6, 6.07) is 18.5. The Balaban J connectivity index is 1.65. The third-order valence-electron chi connectivity index (χ3n) is 5.08. The molecule has 0 radical (unpaired) electrons. The van der Waals surface area contributed by atoms with E-state index in [4.69, 9.17) is 9.72 Å². The Morgan fingerprint density at radius 1 is 1.06 bits per heavy atom. The molecular weight excluding hydrogens is 384 g/mol. The molecule has 0 unspecified atom stereocenters. The quantitative estimate of drug-likeness (QED) is 0.547. The molecule has 0 amide bonds. The van der Waals surface area contributed by atoms with Crippen LogP contribution in [0.3, 0.4) is 0 Å². The Morgan fingerprint density at radius 3 is 2.87 bits per heavy atom. The normalized spacial score (nSPS) is 14.9. The van der Waals surface area contributed by atoms with Gasteiger partial charge < -0.3 is 10.1 Å². The smallest absolute Gasteiger partial charge is 0.227 e. The SMILES string of the molecule is CC(C)CN1CC=CCCOc2cccc(c2)-c2ccnc(n2)Nc2cccc(c2)C1. The Morgan fingerprint density at radius 2 is 1.97 bits per heavy atom. The molecule has 1 aromatic heterocycles. The van der Waals surface area contributed by atoms with Crippen LogP contribution in [0.5, 0.6) is 5.75 Å². The van der Waals surface area contributed by atoms with E-state index in [1.807, 2.05) is 30.3 Å². The van der Waals surface area contributed by atoms with Crippen LogP contribution >= 0.6 is 0 Å². The van der Waals surface area contributed by atoms with Crippen molar-refractivity contribution in [3.63, 3.8) is 0 Å². The summed E-state index contributed by atoms with van der Waals surface area (Å²) in [7, 11) is 0. The van der Waals surface area contributed by atoms with Gasteiger partial charge in [0.1, 0.15) is 5.75 Å². The molecule has 3 aromatic rings. The van der Waals surface area contributed by atoms with Gasteiger partial charge in [0.25, 0.3) is 0 Å². The summed E-state index contributed by atoms with van der Waals surface area (Å²) in [6.07, 6.45) is 7.15. The molecule has 1 N–H and O–H groups in total. The first-order chi connectivity index (χ1) is 15.2. The standard InChI is InChI=1S/C26H30N4O/c1-20(2)18-30-14-4-3-5-15-31-24-11-7-9-22(17-24)25-12-13-27-26(29-25)28-23-10-6-8-21(16-23)19-30/h3-4,6-13,16-17,20H,5,14-15,18-19H2,1-2H3,(H,27,28,29). The maximum absolute atomic E-state index is 5.96. The molecule has 5 nitrogen and oxygen atoms in total. The molecule has 6 bridgehead atoms. The minimum absolute atomic E-state index is 0.587. The topological polar surface area (TPSA) is 50.3 Å². The molecule has 0 saturated carbocycles. The molecule has 5 heteroatoms. The van der Waals surface area contributed by atoms with Crippen LogP contribution in [-0.4, -0.2) is 34.6 Å². The molecule has 0 fully saturated rings. The van der Waals surface area contributed by atoms with Gasteiger partial charge in [-0.15, -0.1) is 0 Å². The number of nitrogens with zero attached hydrogens (tertiary/aromatic N) is 3. The van der Waals surface area contributed by atoms with Crippen molar-refractivity contribution in [2.75, 3.05) is 25.0 Å². The molecule has 0 spiro atoms.